The fraction of sp³-hybridized carbons (Fsp3) is 1.00. The van der Waals surface area contributed by atoms with E-state index in [2.05, 4.69) is 0 Å². The van der Waals surface area contributed by atoms with Crippen LogP contribution in [0.3, 0.4) is 0 Å². The monoisotopic (exact) mass is 142 g/mol. The smallest absolute Gasteiger partial charge is 0.0462 e. The van der Waals surface area contributed by atoms with Crippen LogP contribution in [0, 0.1) is 23.7 Å². The summed E-state index contributed by atoms with van der Waals surface area (Å²) in [4.78, 5) is 0. The maximum atomic E-state index is 8.75. The molecule has 10 heavy (non-hydrogen) atoms. The van der Waals surface area contributed by atoms with Gasteiger partial charge < -0.3 is 10.2 Å². The van der Waals surface area contributed by atoms with Gasteiger partial charge in [0.25, 0.3) is 0 Å². The molecule has 2 fully saturated rings. The Labute approximate surface area is 60.9 Å². The van der Waals surface area contributed by atoms with Crippen molar-refractivity contribution in [2.75, 3.05) is 13.2 Å². The predicted octanol–water partition coefficient (Wildman–Crippen LogP) is 0.243. The summed E-state index contributed by atoms with van der Waals surface area (Å²) in [5, 5.41) is 17.5. The number of aliphatic hydroxyl groups is 2. The van der Waals surface area contributed by atoms with E-state index in [0.29, 0.717) is 25.0 Å². The number of rotatable bonds is 3. The van der Waals surface area contributed by atoms with Crippen molar-refractivity contribution >= 4 is 0 Å². The minimum absolute atomic E-state index is 0.360. The molecular formula is C8H14O2. The second-order valence-electron chi connectivity index (χ2n) is 3.68. The number of aliphatic hydroxyl groups excluding tert-OH is 2. The van der Waals surface area contributed by atoms with E-state index < -0.39 is 0 Å². The molecule has 0 aliphatic heterocycles. The molecule has 2 saturated carbocycles. The molecule has 0 aromatic rings. The van der Waals surface area contributed by atoms with Crippen molar-refractivity contribution in [2.24, 2.45) is 23.7 Å². The lowest BCUT2D eigenvalue weighted by Crippen LogP contribution is -1.94. The Hall–Kier alpha value is -0.0800. The second-order valence-corrected chi connectivity index (χ2v) is 3.68. The molecule has 2 nitrogen and oxygen atoms in total. The Kier molecular flexibility index (Phi) is 1.46. The minimum atomic E-state index is 0.360. The van der Waals surface area contributed by atoms with Gasteiger partial charge in [-0.1, -0.05) is 0 Å². The molecule has 0 spiro atoms. The highest BCUT2D eigenvalue weighted by Gasteiger charge is 2.52. The van der Waals surface area contributed by atoms with Crippen molar-refractivity contribution in [1.82, 2.24) is 0 Å². The fourth-order valence-electron chi connectivity index (χ4n) is 2.01. The maximum absolute atomic E-state index is 8.75. The molecule has 0 bridgehead atoms. The normalized spacial score (nSPS) is 51.0. The summed E-state index contributed by atoms with van der Waals surface area (Å²) in [5.74, 6) is 2.70. The Morgan fingerprint density at radius 1 is 0.900 bits per heavy atom. The van der Waals surface area contributed by atoms with E-state index in [0.717, 1.165) is 11.8 Å². The minimum Gasteiger partial charge on any atom is -0.396 e. The lowest BCUT2D eigenvalue weighted by Gasteiger charge is -1.92. The SMILES string of the molecule is OCC1CC1C1CC1CO. The summed E-state index contributed by atoms with van der Waals surface area (Å²) in [6.45, 7) is 0.721. The molecule has 4 unspecified atom stereocenters. The average molecular weight is 142 g/mol. The van der Waals surface area contributed by atoms with Crippen LogP contribution in [0.5, 0.6) is 0 Å². The van der Waals surface area contributed by atoms with Gasteiger partial charge in [-0.25, -0.2) is 0 Å². The molecule has 2 aliphatic carbocycles. The molecule has 2 rings (SSSR count). The van der Waals surface area contributed by atoms with Crippen LogP contribution in [0.1, 0.15) is 12.8 Å². The van der Waals surface area contributed by atoms with Gasteiger partial charge in [0.05, 0.1) is 0 Å². The van der Waals surface area contributed by atoms with Crippen LogP contribution in [-0.4, -0.2) is 23.4 Å². The van der Waals surface area contributed by atoms with Crippen molar-refractivity contribution in [3.8, 4) is 0 Å². The van der Waals surface area contributed by atoms with Crippen LogP contribution >= 0.6 is 0 Å². The third-order valence-electron chi connectivity index (χ3n) is 2.97. The van der Waals surface area contributed by atoms with Gasteiger partial charge in [-0.05, 0) is 36.5 Å². The van der Waals surface area contributed by atoms with Crippen LogP contribution in [-0.2, 0) is 0 Å². The third kappa shape index (κ3) is 0.956. The number of hydrogen-bond acceptors (Lipinski definition) is 2. The molecule has 0 saturated heterocycles. The first-order valence-corrected chi connectivity index (χ1v) is 4.08. The molecule has 0 aromatic heterocycles. The van der Waals surface area contributed by atoms with Gasteiger partial charge in [0, 0.05) is 13.2 Å². The first-order chi connectivity index (χ1) is 4.86. The lowest BCUT2D eigenvalue weighted by atomic mass is 10.2. The van der Waals surface area contributed by atoms with Gasteiger partial charge in [0.1, 0.15) is 0 Å². The van der Waals surface area contributed by atoms with Crippen LogP contribution in [0.15, 0.2) is 0 Å². The highest BCUT2D eigenvalue weighted by Crippen LogP contribution is 2.57. The van der Waals surface area contributed by atoms with Gasteiger partial charge in [0.15, 0.2) is 0 Å². The summed E-state index contributed by atoms with van der Waals surface area (Å²) in [5.41, 5.74) is 0. The Balaban J connectivity index is 1.74. The van der Waals surface area contributed by atoms with Crippen LogP contribution in [0.2, 0.25) is 0 Å². The highest BCUT2D eigenvalue weighted by molar-refractivity contribution is 5.01. The molecule has 0 amide bonds. The Morgan fingerprint density at radius 2 is 1.30 bits per heavy atom. The topological polar surface area (TPSA) is 40.5 Å². The summed E-state index contributed by atoms with van der Waals surface area (Å²) in [6.07, 6.45) is 2.41. The van der Waals surface area contributed by atoms with E-state index in [1.54, 1.807) is 0 Å². The predicted molar refractivity (Wildman–Crippen MR) is 37.4 cm³/mol. The zero-order chi connectivity index (χ0) is 7.14. The summed E-state index contributed by atoms with van der Waals surface area (Å²) in [7, 11) is 0. The van der Waals surface area contributed by atoms with Crippen molar-refractivity contribution in [3.63, 3.8) is 0 Å². The maximum Gasteiger partial charge on any atom is 0.0462 e. The summed E-state index contributed by atoms with van der Waals surface area (Å²) >= 11 is 0. The third-order valence-corrected chi connectivity index (χ3v) is 2.97. The molecule has 0 aromatic carbocycles. The van der Waals surface area contributed by atoms with Gasteiger partial charge >= 0.3 is 0 Å². The van der Waals surface area contributed by atoms with E-state index in [1.165, 1.54) is 12.8 Å². The molecular weight excluding hydrogens is 128 g/mol. The summed E-state index contributed by atoms with van der Waals surface area (Å²) in [6, 6.07) is 0. The number of hydrogen-bond donors (Lipinski definition) is 2. The zero-order valence-electron chi connectivity index (χ0n) is 6.03. The van der Waals surface area contributed by atoms with Gasteiger partial charge in [-0.15, -0.1) is 0 Å². The van der Waals surface area contributed by atoms with E-state index in [9.17, 15) is 0 Å². The van der Waals surface area contributed by atoms with Gasteiger partial charge in [-0.2, -0.15) is 0 Å². The molecule has 4 atom stereocenters. The average Bonchev–Trinajstić information content (AvgIpc) is 2.83. The quantitative estimate of drug-likeness (QED) is 0.592. The first-order valence-electron chi connectivity index (χ1n) is 4.08. The molecule has 2 aliphatic rings. The standard InChI is InChI=1S/C8H14O2/c9-3-5-1-7(5)8-2-6(8)4-10/h5-10H,1-4H2. The van der Waals surface area contributed by atoms with E-state index in [4.69, 9.17) is 10.2 Å². The highest BCUT2D eigenvalue weighted by atomic mass is 16.3. The van der Waals surface area contributed by atoms with E-state index in [-0.39, 0.29) is 0 Å². The molecule has 2 N–H and O–H groups in total. The van der Waals surface area contributed by atoms with Crippen molar-refractivity contribution < 1.29 is 10.2 Å². The Bertz CT molecular complexity index is 119. The molecule has 0 heterocycles. The van der Waals surface area contributed by atoms with Crippen molar-refractivity contribution in [1.29, 1.82) is 0 Å². The van der Waals surface area contributed by atoms with Crippen LogP contribution in [0.25, 0.3) is 0 Å². The van der Waals surface area contributed by atoms with Gasteiger partial charge in [-0.3, -0.25) is 0 Å². The van der Waals surface area contributed by atoms with Crippen molar-refractivity contribution in [2.45, 2.75) is 12.8 Å². The fourth-order valence-corrected chi connectivity index (χ4v) is 2.01. The largest absolute Gasteiger partial charge is 0.396 e. The molecule has 2 heteroatoms. The molecule has 0 radical (unpaired) electrons. The zero-order valence-corrected chi connectivity index (χ0v) is 6.03. The van der Waals surface area contributed by atoms with E-state index in [1.807, 2.05) is 0 Å². The van der Waals surface area contributed by atoms with Gasteiger partial charge in [0.2, 0.25) is 0 Å². The lowest BCUT2D eigenvalue weighted by molar-refractivity contribution is 0.251. The Morgan fingerprint density at radius 3 is 1.50 bits per heavy atom. The second kappa shape index (κ2) is 2.21. The van der Waals surface area contributed by atoms with E-state index >= 15 is 0 Å². The van der Waals surface area contributed by atoms with Crippen LogP contribution < -0.4 is 0 Å². The molecule has 58 valence electrons. The summed E-state index contributed by atoms with van der Waals surface area (Å²) < 4.78 is 0. The first kappa shape index (κ1) is 6.62. The van der Waals surface area contributed by atoms with Crippen LogP contribution in [0.4, 0.5) is 0 Å². The van der Waals surface area contributed by atoms with Crippen molar-refractivity contribution in [3.05, 3.63) is 0 Å².